The number of halogens is 2. The van der Waals surface area contributed by atoms with Crippen LogP contribution < -0.4 is 15.8 Å². The van der Waals surface area contributed by atoms with E-state index in [1.54, 1.807) is 6.92 Å². The van der Waals surface area contributed by atoms with Crippen molar-refractivity contribution in [3.8, 4) is 5.75 Å². The van der Waals surface area contributed by atoms with E-state index < -0.39 is 6.10 Å². The van der Waals surface area contributed by atoms with Gasteiger partial charge in [0.05, 0.1) is 10.4 Å². The second-order valence-corrected chi connectivity index (χ2v) is 8.35. The molecule has 1 saturated heterocycles. The molecule has 1 aliphatic heterocycles. The van der Waals surface area contributed by atoms with Crippen molar-refractivity contribution >= 4 is 33.4 Å². The van der Waals surface area contributed by atoms with Gasteiger partial charge >= 0.3 is 0 Å². The first kappa shape index (κ1) is 22.2. The first-order valence-electron chi connectivity index (χ1n) is 9.85. The van der Waals surface area contributed by atoms with E-state index >= 15 is 0 Å². The Morgan fingerprint density at radius 2 is 2.03 bits per heavy atom. The van der Waals surface area contributed by atoms with Crippen molar-refractivity contribution in [2.24, 2.45) is 11.7 Å². The molecule has 160 valence electrons. The molecule has 0 spiro atoms. The van der Waals surface area contributed by atoms with E-state index in [0.29, 0.717) is 22.5 Å². The van der Waals surface area contributed by atoms with E-state index in [9.17, 15) is 14.0 Å². The van der Waals surface area contributed by atoms with Crippen LogP contribution in [-0.4, -0.2) is 35.9 Å². The van der Waals surface area contributed by atoms with E-state index in [0.717, 1.165) is 31.5 Å². The second kappa shape index (κ2) is 10.0. The number of anilines is 1. The molecule has 1 aliphatic rings. The van der Waals surface area contributed by atoms with Gasteiger partial charge in [0.25, 0.3) is 5.91 Å². The summed E-state index contributed by atoms with van der Waals surface area (Å²) in [6.45, 7) is 3.98. The number of rotatable bonds is 7. The summed E-state index contributed by atoms with van der Waals surface area (Å²) in [6.07, 6.45) is 1.06. The van der Waals surface area contributed by atoms with Crippen molar-refractivity contribution < 1.29 is 18.7 Å². The normalized spacial score (nSPS) is 17.9. The number of nitrogens with zero attached hydrogens (tertiary/aromatic N) is 1. The van der Waals surface area contributed by atoms with Gasteiger partial charge in [-0.15, -0.1) is 0 Å². The van der Waals surface area contributed by atoms with Crippen molar-refractivity contribution in [1.29, 1.82) is 0 Å². The van der Waals surface area contributed by atoms with Crippen molar-refractivity contribution in [1.82, 2.24) is 4.90 Å². The molecule has 2 aromatic rings. The van der Waals surface area contributed by atoms with E-state index in [2.05, 4.69) is 26.1 Å². The first-order chi connectivity index (χ1) is 14.3. The molecule has 2 atom stereocenters. The number of carbonyl (C=O) groups excluding carboxylic acids is 2. The zero-order valence-electron chi connectivity index (χ0n) is 16.7. The van der Waals surface area contributed by atoms with Crippen molar-refractivity contribution in [2.45, 2.75) is 32.4 Å². The molecule has 8 heteroatoms. The molecule has 2 amide bonds. The number of primary amides is 1. The largest absolute Gasteiger partial charge is 0.480 e. The predicted molar refractivity (Wildman–Crippen MR) is 116 cm³/mol. The Morgan fingerprint density at radius 3 is 2.70 bits per heavy atom. The minimum Gasteiger partial charge on any atom is -0.480 e. The first-order valence-corrected chi connectivity index (χ1v) is 10.6. The Labute approximate surface area is 183 Å². The van der Waals surface area contributed by atoms with Gasteiger partial charge in [-0.05, 0) is 78.1 Å². The minimum absolute atomic E-state index is 0.0834. The van der Waals surface area contributed by atoms with E-state index in [1.807, 2.05) is 24.3 Å². The van der Waals surface area contributed by atoms with Gasteiger partial charge < -0.3 is 15.8 Å². The number of benzene rings is 2. The van der Waals surface area contributed by atoms with Gasteiger partial charge in [-0.1, -0.05) is 12.1 Å². The molecule has 0 radical (unpaired) electrons. The van der Waals surface area contributed by atoms with Gasteiger partial charge in [-0.25, -0.2) is 4.39 Å². The van der Waals surface area contributed by atoms with Gasteiger partial charge in [0.15, 0.2) is 6.10 Å². The molecule has 3 N–H and O–H groups in total. The molecule has 3 rings (SSSR count). The molecule has 30 heavy (non-hydrogen) atoms. The van der Waals surface area contributed by atoms with E-state index in [-0.39, 0.29) is 23.5 Å². The molecule has 6 nitrogen and oxygen atoms in total. The summed E-state index contributed by atoms with van der Waals surface area (Å²) in [7, 11) is 0. The van der Waals surface area contributed by atoms with Crippen LogP contribution in [0.2, 0.25) is 0 Å². The summed E-state index contributed by atoms with van der Waals surface area (Å²) in [5.41, 5.74) is 7.19. The maximum atomic E-state index is 13.2. The average Bonchev–Trinajstić information content (AvgIpc) is 2.71. The Morgan fingerprint density at radius 1 is 1.30 bits per heavy atom. The minimum atomic E-state index is -0.759. The lowest BCUT2D eigenvalue weighted by atomic mass is 9.97. The molecule has 2 aromatic carbocycles. The number of likely N-dealkylation sites (tertiary alicyclic amines) is 1. The topological polar surface area (TPSA) is 84.7 Å². The van der Waals surface area contributed by atoms with Gasteiger partial charge in [0, 0.05) is 18.8 Å². The number of nitrogens with one attached hydrogen (secondary N) is 1. The SMILES string of the molecule is CC(Oc1ccc(F)cc1Br)C(=O)Nc1ccc(CN2CCCC(C(N)=O)C2)cc1. The van der Waals surface area contributed by atoms with E-state index in [4.69, 9.17) is 10.5 Å². The Bertz CT molecular complexity index is 907. The number of nitrogens with two attached hydrogens (primary N) is 1. The fourth-order valence-electron chi connectivity index (χ4n) is 3.44. The van der Waals surface area contributed by atoms with Crippen LogP contribution in [0.4, 0.5) is 10.1 Å². The second-order valence-electron chi connectivity index (χ2n) is 7.50. The summed E-state index contributed by atoms with van der Waals surface area (Å²) < 4.78 is 19.2. The molecule has 2 unspecified atom stereocenters. The standard InChI is InChI=1S/C22H25BrFN3O3/c1-14(30-20-9-6-17(24)11-19(20)23)22(29)26-18-7-4-15(5-8-18)12-27-10-2-3-16(13-27)21(25)28/h4-9,11,14,16H,2-3,10,12-13H2,1H3,(H2,25,28)(H,26,29). The fourth-order valence-corrected chi connectivity index (χ4v) is 3.89. The zero-order chi connectivity index (χ0) is 21.7. The van der Waals surface area contributed by atoms with Gasteiger partial charge in [0.1, 0.15) is 11.6 Å². The molecular formula is C22H25BrFN3O3. The molecule has 0 saturated carbocycles. The van der Waals surface area contributed by atoms with Crippen LogP contribution in [0.5, 0.6) is 5.75 Å². The van der Waals surface area contributed by atoms with Crippen LogP contribution in [0.25, 0.3) is 0 Å². The number of piperidine rings is 1. The summed E-state index contributed by atoms with van der Waals surface area (Å²) in [6, 6.07) is 11.6. The van der Waals surface area contributed by atoms with Crippen LogP contribution in [0.1, 0.15) is 25.3 Å². The monoisotopic (exact) mass is 477 g/mol. The highest BCUT2D eigenvalue weighted by Crippen LogP contribution is 2.26. The summed E-state index contributed by atoms with van der Waals surface area (Å²) >= 11 is 3.23. The fraction of sp³-hybridized carbons (Fsp3) is 0.364. The van der Waals surface area contributed by atoms with E-state index in [1.165, 1.54) is 18.2 Å². The summed E-state index contributed by atoms with van der Waals surface area (Å²) in [4.78, 5) is 26.1. The molecule has 0 aliphatic carbocycles. The lowest BCUT2D eigenvalue weighted by molar-refractivity contribution is -0.123. The smallest absolute Gasteiger partial charge is 0.265 e. The quantitative estimate of drug-likeness (QED) is 0.636. The molecule has 0 aromatic heterocycles. The predicted octanol–water partition coefficient (Wildman–Crippen LogP) is 3.69. The van der Waals surface area contributed by atoms with Crippen molar-refractivity contribution in [3.05, 3.63) is 58.3 Å². The van der Waals surface area contributed by atoms with Crippen molar-refractivity contribution in [3.63, 3.8) is 0 Å². The highest BCUT2D eigenvalue weighted by molar-refractivity contribution is 9.10. The lowest BCUT2D eigenvalue weighted by Crippen LogP contribution is -2.40. The molecular weight excluding hydrogens is 453 g/mol. The maximum Gasteiger partial charge on any atom is 0.265 e. The lowest BCUT2D eigenvalue weighted by Gasteiger charge is -2.31. The highest BCUT2D eigenvalue weighted by atomic mass is 79.9. The number of ether oxygens (including phenoxy) is 1. The van der Waals surface area contributed by atoms with Crippen LogP contribution in [-0.2, 0) is 16.1 Å². The summed E-state index contributed by atoms with van der Waals surface area (Å²) in [5, 5.41) is 2.82. The third kappa shape index (κ3) is 6.03. The van der Waals surface area contributed by atoms with Gasteiger partial charge in [-0.2, -0.15) is 0 Å². The zero-order valence-corrected chi connectivity index (χ0v) is 18.3. The van der Waals surface area contributed by atoms with Gasteiger partial charge in [0.2, 0.25) is 5.91 Å². The van der Waals surface area contributed by atoms with Crippen LogP contribution in [0, 0.1) is 11.7 Å². The van der Waals surface area contributed by atoms with Gasteiger partial charge in [-0.3, -0.25) is 14.5 Å². The van der Waals surface area contributed by atoms with Crippen LogP contribution in [0.3, 0.4) is 0 Å². The average molecular weight is 478 g/mol. The third-order valence-electron chi connectivity index (χ3n) is 5.10. The highest BCUT2D eigenvalue weighted by Gasteiger charge is 2.24. The third-order valence-corrected chi connectivity index (χ3v) is 5.72. The molecule has 1 heterocycles. The Hall–Kier alpha value is -2.45. The number of carbonyl (C=O) groups is 2. The Kier molecular flexibility index (Phi) is 7.44. The van der Waals surface area contributed by atoms with Crippen molar-refractivity contribution in [2.75, 3.05) is 18.4 Å². The van der Waals surface area contributed by atoms with Crippen LogP contribution in [0.15, 0.2) is 46.9 Å². The number of hydrogen-bond acceptors (Lipinski definition) is 4. The molecule has 0 bridgehead atoms. The number of amides is 2. The van der Waals surface area contributed by atoms with Crippen LogP contribution >= 0.6 is 15.9 Å². The summed E-state index contributed by atoms with van der Waals surface area (Å²) in [5.74, 6) is -0.618. The number of hydrogen-bond donors (Lipinski definition) is 2. The Balaban J connectivity index is 1.53. The maximum absolute atomic E-state index is 13.2. The molecule has 1 fully saturated rings.